The molecular formula is C13H15BrN4O3S. The summed E-state index contributed by atoms with van der Waals surface area (Å²) in [6.45, 7) is 1.98. The molecule has 2 aromatic rings. The lowest BCUT2D eigenvalue weighted by molar-refractivity contribution is 0.181. The van der Waals surface area contributed by atoms with Crippen molar-refractivity contribution in [3.05, 3.63) is 40.1 Å². The highest BCUT2D eigenvalue weighted by Crippen LogP contribution is 2.22. The van der Waals surface area contributed by atoms with Crippen LogP contribution in [0.25, 0.3) is 0 Å². The number of halogens is 1. The van der Waals surface area contributed by atoms with Gasteiger partial charge in [0.15, 0.2) is 0 Å². The van der Waals surface area contributed by atoms with Crippen molar-refractivity contribution in [2.45, 2.75) is 18.4 Å². The van der Waals surface area contributed by atoms with Crippen LogP contribution in [0.4, 0.5) is 11.6 Å². The number of nitrogens with one attached hydrogen (secondary N) is 1. The van der Waals surface area contributed by atoms with Crippen LogP contribution < -0.4 is 10.5 Å². The quantitative estimate of drug-likeness (QED) is 0.761. The Hall–Kier alpha value is -1.71. The van der Waals surface area contributed by atoms with Crippen LogP contribution in [-0.4, -0.2) is 25.5 Å². The number of sulfonamides is 1. The van der Waals surface area contributed by atoms with Crippen molar-refractivity contribution in [1.29, 1.82) is 0 Å². The van der Waals surface area contributed by atoms with E-state index < -0.39 is 10.0 Å². The normalized spacial score (nSPS) is 11.4. The minimum atomic E-state index is -3.78. The van der Waals surface area contributed by atoms with Gasteiger partial charge in [-0.05, 0) is 47.1 Å². The number of aryl methyl sites for hydroxylation is 1. The molecule has 3 N–H and O–H groups in total. The zero-order valence-corrected chi connectivity index (χ0v) is 14.4. The number of ether oxygens (including phenoxy) is 1. The molecule has 0 aliphatic heterocycles. The predicted octanol–water partition coefficient (Wildman–Crippen LogP) is 2.08. The van der Waals surface area contributed by atoms with Crippen molar-refractivity contribution in [3.63, 3.8) is 0 Å². The van der Waals surface area contributed by atoms with Crippen LogP contribution in [0, 0.1) is 6.92 Å². The Bertz CT molecular complexity index is 779. The SMILES string of the molecule is COCc1nc(NS(=O)(=O)c2ccc(N)cc2)nc(C)c1Br. The smallest absolute Gasteiger partial charge is 0.264 e. The fourth-order valence-corrected chi connectivity index (χ4v) is 2.96. The van der Waals surface area contributed by atoms with Gasteiger partial charge in [-0.2, -0.15) is 0 Å². The molecule has 0 saturated carbocycles. The fraction of sp³-hybridized carbons (Fsp3) is 0.231. The number of methoxy groups -OCH3 is 1. The molecule has 118 valence electrons. The van der Waals surface area contributed by atoms with Crippen LogP contribution >= 0.6 is 15.9 Å². The maximum absolute atomic E-state index is 12.3. The molecule has 0 unspecified atom stereocenters. The van der Waals surface area contributed by atoms with Crippen molar-refractivity contribution in [1.82, 2.24) is 9.97 Å². The lowest BCUT2D eigenvalue weighted by Gasteiger charge is -2.11. The van der Waals surface area contributed by atoms with E-state index in [-0.39, 0.29) is 17.5 Å². The average molecular weight is 387 g/mol. The lowest BCUT2D eigenvalue weighted by Crippen LogP contribution is -2.16. The van der Waals surface area contributed by atoms with Crippen molar-refractivity contribution in [2.24, 2.45) is 0 Å². The molecule has 1 heterocycles. The van der Waals surface area contributed by atoms with Crippen LogP contribution in [0.3, 0.4) is 0 Å². The first kappa shape index (κ1) is 16.7. The van der Waals surface area contributed by atoms with Crippen LogP contribution in [-0.2, 0) is 21.4 Å². The Morgan fingerprint density at radius 1 is 1.27 bits per heavy atom. The number of rotatable bonds is 5. The summed E-state index contributed by atoms with van der Waals surface area (Å²) in [6, 6.07) is 5.86. The fourth-order valence-electron chi connectivity index (χ4n) is 1.72. The Balaban J connectivity index is 2.35. The van der Waals surface area contributed by atoms with Crippen LogP contribution in [0.5, 0.6) is 0 Å². The molecule has 22 heavy (non-hydrogen) atoms. The maximum atomic E-state index is 12.3. The van der Waals surface area contributed by atoms with E-state index in [0.717, 1.165) is 0 Å². The first-order valence-corrected chi connectivity index (χ1v) is 8.51. The lowest BCUT2D eigenvalue weighted by atomic mass is 10.3. The monoisotopic (exact) mass is 386 g/mol. The maximum Gasteiger partial charge on any atom is 0.264 e. The van der Waals surface area contributed by atoms with Gasteiger partial charge in [-0.15, -0.1) is 0 Å². The topological polar surface area (TPSA) is 107 Å². The van der Waals surface area contributed by atoms with Gasteiger partial charge < -0.3 is 10.5 Å². The Morgan fingerprint density at radius 2 is 1.91 bits per heavy atom. The molecule has 0 spiro atoms. The molecule has 0 amide bonds. The van der Waals surface area contributed by atoms with E-state index in [2.05, 4.69) is 30.6 Å². The van der Waals surface area contributed by atoms with Crippen molar-refractivity contribution in [2.75, 3.05) is 17.6 Å². The zero-order chi connectivity index (χ0) is 16.3. The van der Waals surface area contributed by atoms with Gasteiger partial charge in [0.1, 0.15) is 0 Å². The van der Waals surface area contributed by atoms with Gasteiger partial charge in [0, 0.05) is 12.8 Å². The second-order valence-corrected chi connectivity index (χ2v) is 6.98. The largest absolute Gasteiger partial charge is 0.399 e. The highest BCUT2D eigenvalue weighted by Gasteiger charge is 2.17. The minimum Gasteiger partial charge on any atom is -0.399 e. The van der Waals surface area contributed by atoms with Gasteiger partial charge in [0.05, 0.1) is 27.4 Å². The number of aromatic nitrogens is 2. The predicted molar refractivity (Wildman–Crippen MR) is 86.8 cm³/mol. The minimum absolute atomic E-state index is 0.00965. The van der Waals surface area contributed by atoms with E-state index in [1.807, 2.05) is 0 Å². The number of hydrogen-bond donors (Lipinski definition) is 2. The van der Waals surface area contributed by atoms with E-state index in [1.54, 1.807) is 6.92 Å². The second-order valence-electron chi connectivity index (χ2n) is 4.50. The Kier molecular flexibility index (Phi) is 4.99. The van der Waals surface area contributed by atoms with Crippen molar-refractivity contribution < 1.29 is 13.2 Å². The number of benzene rings is 1. The Labute approximate surface area is 137 Å². The summed E-state index contributed by atoms with van der Waals surface area (Å²) in [5.41, 5.74) is 7.21. The zero-order valence-electron chi connectivity index (χ0n) is 12.0. The molecule has 0 radical (unpaired) electrons. The number of nitrogen functional groups attached to an aromatic ring is 1. The number of nitrogens with two attached hydrogens (primary N) is 1. The molecule has 0 aliphatic carbocycles. The van der Waals surface area contributed by atoms with Gasteiger partial charge in [-0.25, -0.2) is 23.1 Å². The molecular weight excluding hydrogens is 372 g/mol. The standard InChI is InChI=1S/C13H15BrN4O3S/c1-8-12(14)11(7-21-2)17-13(16-8)18-22(19,20)10-5-3-9(15)4-6-10/h3-6H,7,15H2,1-2H3,(H,16,17,18). The van der Waals surface area contributed by atoms with E-state index in [1.165, 1.54) is 31.4 Å². The van der Waals surface area contributed by atoms with E-state index >= 15 is 0 Å². The van der Waals surface area contributed by atoms with Gasteiger partial charge in [-0.1, -0.05) is 0 Å². The Morgan fingerprint density at radius 3 is 2.50 bits per heavy atom. The summed E-state index contributed by atoms with van der Waals surface area (Å²) in [7, 11) is -2.25. The summed E-state index contributed by atoms with van der Waals surface area (Å²) < 4.78 is 32.7. The van der Waals surface area contributed by atoms with Crippen molar-refractivity contribution in [3.8, 4) is 0 Å². The summed E-state index contributed by atoms with van der Waals surface area (Å²) >= 11 is 3.35. The highest BCUT2D eigenvalue weighted by atomic mass is 79.9. The van der Waals surface area contributed by atoms with E-state index in [0.29, 0.717) is 21.5 Å². The molecule has 1 aromatic heterocycles. The third-order valence-electron chi connectivity index (χ3n) is 2.78. The molecule has 0 saturated heterocycles. The number of hydrogen-bond acceptors (Lipinski definition) is 6. The van der Waals surface area contributed by atoms with E-state index in [9.17, 15) is 8.42 Å². The second kappa shape index (κ2) is 6.59. The summed E-state index contributed by atoms with van der Waals surface area (Å²) in [5, 5.41) is 0. The van der Waals surface area contributed by atoms with Gasteiger partial charge in [0.2, 0.25) is 5.95 Å². The first-order chi connectivity index (χ1) is 10.3. The van der Waals surface area contributed by atoms with Gasteiger partial charge >= 0.3 is 0 Å². The molecule has 0 aliphatic rings. The molecule has 1 aromatic carbocycles. The summed E-state index contributed by atoms with van der Waals surface area (Å²) in [6.07, 6.45) is 0. The van der Waals surface area contributed by atoms with Crippen LogP contribution in [0.2, 0.25) is 0 Å². The number of anilines is 2. The van der Waals surface area contributed by atoms with Crippen LogP contribution in [0.1, 0.15) is 11.4 Å². The third-order valence-corrected chi connectivity index (χ3v) is 5.16. The molecule has 0 bridgehead atoms. The van der Waals surface area contributed by atoms with Crippen molar-refractivity contribution >= 4 is 37.6 Å². The van der Waals surface area contributed by atoms with Gasteiger partial charge in [-0.3, -0.25) is 0 Å². The van der Waals surface area contributed by atoms with E-state index in [4.69, 9.17) is 10.5 Å². The van der Waals surface area contributed by atoms with Crippen LogP contribution in [0.15, 0.2) is 33.6 Å². The molecule has 0 atom stereocenters. The number of nitrogens with zero attached hydrogens (tertiary/aromatic N) is 2. The molecule has 7 nitrogen and oxygen atoms in total. The molecule has 2 rings (SSSR count). The summed E-state index contributed by atoms with van der Waals surface area (Å²) in [4.78, 5) is 8.35. The first-order valence-electron chi connectivity index (χ1n) is 6.24. The molecule has 9 heteroatoms. The van der Waals surface area contributed by atoms with Gasteiger partial charge in [0.25, 0.3) is 10.0 Å². The summed E-state index contributed by atoms with van der Waals surface area (Å²) in [5.74, 6) is -0.00965. The highest BCUT2D eigenvalue weighted by molar-refractivity contribution is 9.10. The third kappa shape index (κ3) is 3.73. The molecule has 0 fully saturated rings. The average Bonchev–Trinajstić information content (AvgIpc) is 2.44.